The van der Waals surface area contributed by atoms with Crippen molar-refractivity contribution in [2.45, 2.75) is 19.8 Å². The van der Waals surface area contributed by atoms with E-state index in [1.165, 1.54) is 0 Å². The molecule has 5 nitrogen and oxygen atoms in total. The average molecular weight is 289 g/mol. The van der Waals surface area contributed by atoms with Crippen molar-refractivity contribution in [1.82, 2.24) is 4.98 Å². The van der Waals surface area contributed by atoms with Gasteiger partial charge in [-0.1, -0.05) is 18.2 Å². The van der Waals surface area contributed by atoms with E-state index in [2.05, 4.69) is 16.4 Å². The predicted molar refractivity (Wildman–Crippen MR) is 84.8 cm³/mol. The molecular weight excluding hydrogens is 266 g/mol. The first-order valence-electron chi connectivity index (χ1n) is 6.73. The molecule has 0 aromatic carbocycles. The van der Waals surface area contributed by atoms with Gasteiger partial charge in [0.25, 0.3) is 0 Å². The van der Waals surface area contributed by atoms with Crippen molar-refractivity contribution >= 4 is 5.70 Å². The summed E-state index contributed by atoms with van der Waals surface area (Å²) in [6.07, 6.45) is 5.16. The fraction of sp³-hybridized carbons (Fsp3) is 0.312. The van der Waals surface area contributed by atoms with E-state index in [9.17, 15) is 0 Å². The van der Waals surface area contributed by atoms with Gasteiger partial charge in [-0.15, -0.1) is 0 Å². The molecule has 1 aromatic rings. The second-order valence-corrected chi connectivity index (χ2v) is 4.69. The zero-order chi connectivity index (χ0) is 15.7. The summed E-state index contributed by atoms with van der Waals surface area (Å²) in [4.78, 5) is 9.07. The monoisotopic (exact) mass is 289 g/mol. The molecule has 1 rings (SSSR count). The van der Waals surface area contributed by atoms with E-state index >= 15 is 0 Å². The molecule has 1 heterocycles. The molecule has 0 saturated carbocycles. The minimum atomic E-state index is 0.506. The number of aryl methyl sites for hydroxylation is 1. The maximum absolute atomic E-state index is 6.07. The lowest BCUT2D eigenvalue weighted by Gasteiger charge is -2.06. The molecule has 4 N–H and O–H groups in total. The molecule has 5 heteroatoms. The van der Waals surface area contributed by atoms with Gasteiger partial charge in [0.1, 0.15) is 5.76 Å². The van der Waals surface area contributed by atoms with E-state index in [0.717, 1.165) is 24.1 Å². The Hall–Kier alpha value is -2.11. The van der Waals surface area contributed by atoms with Crippen LogP contribution < -0.4 is 11.6 Å². The standard InChI is InChI=1S/C16H23N3O2/c1-12(2)10-14(20-3)11-15(17)16-8-4-6-13(19-16)7-5-9-21-18/h4,6,8,10-11H,1,5,7,9,17-18H2,2-3H3/b14-10+,15-11-. The van der Waals surface area contributed by atoms with Crippen LogP contribution >= 0.6 is 0 Å². The number of rotatable bonds is 8. The molecule has 0 aliphatic carbocycles. The molecule has 0 bridgehead atoms. The Bertz CT molecular complexity index is 536. The molecule has 0 unspecified atom stereocenters. The molecule has 0 amide bonds. The van der Waals surface area contributed by atoms with Crippen LogP contribution in [-0.4, -0.2) is 18.7 Å². The van der Waals surface area contributed by atoms with E-state index in [1.54, 1.807) is 13.2 Å². The van der Waals surface area contributed by atoms with Gasteiger partial charge in [0.05, 0.1) is 25.1 Å². The van der Waals surface area contributed by atoms with E-state index < -0.39 is 0 Å². The van der Waals surface area contributed by atoms with Gasteiger partial charge in [-0.3, -0.25) is 4.98 Å². The average Bonchev–Trinajstić information content (AvgIpc) is 2.46. The number of hydrogen-bond donors (Lipinski definition) is 2. The fourth-order valence-electron chi connectivity index (χ4n) is 1.75. The lowest BCUT2D eigenvalue weighted by molar-refractivity contribution is 0.135. The summed E-state index contributed by atoms with van der Waals surface area (Å²) in [6, 6.07) is 5.74. The van der Waals surface area contributed by atoms with Crippen molar-refractivity contribution in [2.75, 3.05) is 13.7 Å². The van der Waals surface area contributed by atoms with Crippen molar-refractivity contribution in [3.63, 3.8) is 0 Å². The topological polar surface area (TPSA) is 83.4 Å². The third-order valence-electron chi connectivity index (χ3n) is 2.72. The van der Waals surface area contributed by atoms with Crippen LogP contribution in [0.2, 0.25) is 0 Å². The zero-order valence-corrected chi connectivity index (χ0v) is 12.6. The van der Waals surface area contributed by atoms with Crippen LogP contribution in [-0.2, 0) is 16.0 Å². The highest BCUT2D eigenvalue weighted by Gasteiger charge is 2.03. The van der Waals surface area contributed by atoms with Gasteiger partial charge in [0.15, 0.2) is 0 Å². The molecule has 0 radical (unpaired) electrons. The van der Waals surface area contributed by atoms with Crippen LogP contribution in [0.15, 0.2) is 48.3 Å². The first-order valence-corrected chi connectivity index (χ1v) is 6.73. The molecule has 0 aliphatic rings. The summed E-state index contributed by atoms with van der Waals surface area (Å²) in [5.41, 5.74) is 9.17. The molecule has 0 fully saturated rings. The minimum absolute atomic E-state index is 0.506. The molecule has 114 valence electrons. The minimum Gasteiger partial charge on any atom is -0.497 e. The molecular formula is C16H23N3O2. The summed E-state index contributed by atoms with van der Waals surface area (Å²) >= 11 is 0. The van der Waals surface area contributed by atoms with Crippen LogP contribution in [0.25, 0.3) is 5.70 Å². The van der Waals surface area contributed by atoms with Crippen molar-refractivity contribution in [1.29, 1.82) is 0 Å². The molecule has 0 aliphatic heterocycles. The van der Waals surface area contributed by atoms with Gasteiger partial charge in [-0.2, -0.15) is 0 Å². The van der Waals surface area contributed by atoms with Crippen molar-refractivity contribution in [3.05, 3.63) is 59.7 Å². The number of allylic oxidation sites excluding steroid dienone is 3. The maximum atomic E-state index is 6.07. The van der Waals surface area contributed by atoms with Gasteiger partial charge < -0.3 is 15.3 Å². The van der Waals surface area contributed by atoms with Gasteiger partial charge in [-0.25, -0.2) is 5.90 Å². The summed E-state index contributed by atoms with van der Waals surface area (Å²) in [5, 5.41) is 0. The van der Waals surface area contributed by atoms with Gasteiger partial charge >= 0.3 is 0 Å². The summed E-state index contributed by atoms with van der Waals surface area (Å²) in [7, 11) is 1.59. The first kappa shape index (κ1) is 16.9. The van der Waals surface area contributed by atoms with E-state index in [1.807, 2.05) is 31.2 Å². The quantitative estimate of drug-likeness (QED) is 0.332. The Morgan fingerprint density at radius 3 is 2.76 bits per heavy atom. The normalized spacial score (nSPS) is 12.3. The van der Waals surface area contributed by atoms with Crippen LogP contribution in [0.1, 0.15) is 24.7 Å². The Morgan fingerprint density at radius 1 is 1.38 bits per heavy atom. The third kappa shape index (κ3) is 6.25. The second kappa shape index (κ2) is 8.94. The molecule has 0 spiro atoms. The van der Waals surface area contributed by atoms with Crippen molar-refractivity contribution in [3.8, 4) is 0 Å². The lowest BCUT2D eigenvalue weighted by Crippen LogP contribution is -2.05. The predicted octanol–water partition coefficient (Wildman–Crippen LogP) is 2.31. The number of pyridine rings is 1. The maximum Gasteiger partial charge on any atom is 0.121 e. The number of ether oxygens (including phenoxy) is 1. The SMILES string of the molecule is C=C(C)/C=C(\C=C(/N)c1cccc(CCCON)n1)OC. The van der Waals surface area contributed by atoms with E-state index in [0.29, 0.717) is 23.8 Å². The highest BCUT2D eigenvalue weighted by molar-refractivity contribution is 5.62. The molecule has 0 atom stereocenters. The number of nitrogens with zero attached hydrogens (tertiary/aromatic N) is 1. The fourth-order valence-corrected chi connectivity index (χ4v) is 1.75. The van der Waals surface area contributed by atoms with Crippen molar-refractivity contribution in [2.24, 2.45) is 11.6 Å². The Kier molecular flexibility index (Phi) is 7.21. The highest BCUT2D eigenvalue weighted by atomic mass is 16.6. The highest BCUT2D eigenvalue weighted by Crippen LogP contribution is 2.12. The van der Waals surface area contributed by atoms with Crippen LogP contribution in [0.3, 0.4) is 0 Å². The number of aromatic nitrogens is 1. The van der Waals surface area contributed by atoms with Crippen LogP contribution in [0.4, 0.5) is 0 Å². The lowest BCUT2D eigenvalue weighted by atomic mass is 10.2. The van der Waals surface area contributed by atoms with Gasteiger partial charge in [0, 0.05) is 11.8 Å². The van der Waals surface area contributed by atoms with E-state index in [4.69, 9.17) is 16.4 Å². The number of nitrogens with two attached hydrogens (primary N) is 2. The van der Waals surface area contributed by atoms with Crippen LogP contribution in [0.5, 0.6) is 0 Å². The van der Waals surface area contributed by atoms with Crippen molar-refractivity contribution < 1.29 is 9.57 Å². The summed E-state index contributed by atoms with van der Waals surface area (Å²) in [5.74, 6) is 5.65. The molecule has 21 heavy (non-hydrogen) atoms. The zero-order valence-electron chi connectivity index (χ0n) is 12.6. The third-order valence-corrected chi connectivity index (χ3v) is 2.72. The van der Waals surface area contributed by atoms with Gasteiger partial charge in [0.2, 0.25) is 0 Å². The first-order chi connectivity index (χ1) is 10.1. The Labute approximate surface area is 125 Å². The van der Waals surface area contributed by atoms with E-state index in [-0.39, 0.29) is 0 Å². The molecule has 0 saturated heterocycles. The number of methoxy groups -OCH3 is 1. The molecule has 1 aromatic heterocycles. The van der Waals surface area contributed by atoms with Crippen LogP contribution in [0, 0.1) is 0 Å². The number of hydrogen-bond acceptors (Lipinski definition) is 5. The summed E-state index contributed by atoms with van der Waals surface area (Å²) in [6.45, 7) is 6.21. The Balaban J connectivity index is 2.88. The second-order valence-electron chi connectivity index (χ2n) is 4.69. The Morgan fingerprint density at radius 2 is 2.14 bits per heavy atom. The van der Waals surface area contributed by atoms with Gasteiger partial charge in [-0.05, 0) is 38.0 Å². The largest absolute Gasteiger partial charge is 0.497 e. The summed E-state index contributed by atoms with van der Waals surface area (Å²) < 4.78 is 5.25. The smallest absolute Gasteiger partial charge is 0.121 e.